The fourth-order valence-electron chi connectivity index (χ4n) is 1.04. The van der Waals surface area contributed by atoms with Crippen molar-refractivity contribution in [2.75, 3.05) is 13.2 Å². The van der Waals surface area contributed by atoms with Crippen LogP contribution in [0, 0.1) is 0 Å². The van der Waals surface area contributed by atoms with E-state index in [0.29, 0.717) is 0 Å². The van der Waals surface area contributed by atoms with Crippen LogP contribution in [0.5, 0.6) is 0 Å². The fraction of sp³-hybridized carbons (Fsp3) is 0.778. The van der Waals surface area contributed by atoms with Crippen LogP contribution < -0.4 is 0 Å². The summed E-state index contributed by atoms with van der Waals surface area (Å²) in [5.41, 5.74) is 0. The zero-order chi connectivity index (χ0) is 7.94. The van der Waals surface area contributed by atoms with Crippen molar-refractivity contribution in [3.05, 3.63) is 12.2 Å². The van der Waals surface area contributed by atoms with Crippen molar-refractivity contribution in [2.45, 2.75) is 32.5 Å². The van der Waals surface area contributed by atoms with Crippen molar-refractivity contribution in [1.82, 2.24) is 0 Å². The Kier molecular flexibility index (Phi) is 4.24. The molecule has 1 saturated heterocycles. The third-order valence-corrected chi connectivity index (χ3v) is 1.64. The van der Waals surface area contributed by atoms with Crippen LogP contribution in [-0.2, 0) is 9.47 Å². The van der Waals surface area contributed by atoms with Gasteiger partial charge in [0.1, 0.15) is 0 Å². The van der Waals surface area contributed by atoms with Gasteiger partial charge in [-0.15, -0.1) is 0 Å². The monoisotopic (exact) mass is 156 g/mol. The zero-order valence-corrected chi connectivity index (χ0v) is 7.08. The largest absolute Gasteiger partial charge is 0.350 e. The second-order valence-electron chi connectivity index (χ2n) is 2.67. The first kappa shape index (κ1) is 8.75. The molecule has 0 bridgehead atoms. The van der Waals surface area contributed by atoms with Crippen LogP contribution >= 0.6 is 0 Å². The van der Waals surface area contributed by atoms with Gasteiger partial charge in [0.25, 0.3) is 0 Å². The molecule has 0 aromatic carbocycles. The van der Waals surface area contributed by atoms with E-state index in [-0.39, 0.29) is 6.29 Å². The van der Waals surface area contributed by atoms with Gasteiger partial charge in [-0.1, -0.05) is 25.5 Å². The van der Waals surface area contributed by atoms with Crippen LogP contribution in [0.4, 0.5) is 0 Å². The van der Waals surface area contributed by atoms with E-state index >= 15 is 0 Å². The fourth-order valence-corrected chi connectivity index (χ4v) is 1.04. The molecule has 0 aromatic heterocycles. The summed E-state index contributed by atoms with van der Waals surface area (Å²) in [6.07, 6.45) is 7.63. The molecule has 0 saturated carbocycles. The summed E-state index contributed by atoms with van der Waals surface area (Å²) < 4.78 is 10.5. The average Bonchev–Trinajstić information content (AvgIpc) is 2.50. The van der Waals surface area contributed by atoms with Gasteiger partial charge in [-0.05, 0) is 6.42 Å². The molecule has 2 heteroatoms. The van der Waals surface area contributed by atoms with Crippen molar-refractivity contribution in [3.8, 4) is 0 Å². The minimum Gasteiger partial charge on any atom is -0.350 e. The second-order valence-corrected chi connectivity index (χ2v) is 2.67. The van der Waals surface area contributed by atoms with Gasteiger partial charge in [0.15, 0.2) is 6.29 Å². The molecular formula is C9H16O2. The normalized spacial score (nSPS) is 20.1. The molecule has 1 aliphatic heterocycles. The lowest BCUT2D eigenvalue weighted by Gasteiger charge is -2.03. The third-order valence-electron chi connectivity index (χ3n) is 1.64. The van der Waals surface area contributed by atoms with Crippen molar-refractivity contribution in [2.24, 2.45) is 0 Å². The smallest absolute Gasteiger partial charge is 0.161 e. The molecule has 1 heterocycles. The van der Waals surface area contributed by atoms with Gasteiger partial charge >= 0.3 is 0 Å². The average molecular weight is 156 g/mol. The molecule has 0 radical (unpaired) electrons. The summed E-state index contributed by atoms with van der Waals surface area (Å²) in [6, 6.07) is 0. The highest BCUT2D eigenvalue weighted by molar-refractivity contribution is 4.82. The highest BCUT2D eigenvalue weighted by atomic mass is 16.7. The Labute approximate surface area is 68.2 Å². The summed E-state index contributed by atoms with van der Waals surface area (Å²) in [7, 11) is 0. The first-order chi connectivity index (χ1) is 5.43. The van der Waals surface area contributed by atoms with Crippen molar-refractivity contribution < 1.29 is 9.47 Å². The molecule has 0 N–H and O–H groups in total. The van der Waals surface area contributed by atoms with E-state index in [1.54, 1.807) is 0 Å². The molecule has 0 aliphatic carbocycles. The maximum absolute atomic E-state index is 5.26. The second kappa shape index (κ2) is 5.33. The van der Waals surface area contributed by atoms with E-state index in [4.69, 9.17) is 9.47 Å². The molecule has 0 spiro atoms. The summed E-state index contributed by atoms with van der Waals surface area (Å²) >= 11 is 0. The Balaban J connectivity index is 2.01. The number of allylic oxidation sites excluding steroid dienone is 1. The summed E-state index contributed by atoms with van der Waals surface area (Å²) in [5.74, 6) is 0. The van der Waals surface area contributed by atoms with Gasteiger partial charge in [-0.3, -0.25) is 0 Å². The van der Waals surface area contributed by atoms with E-state index in [2.05, 4.69) is 19.1 Å². The molecule has 11 heavy (non-hydrogen) atoms. The molecule has 2 nitrogen and oxygen atoms in total. The van der Waals surface area contributed by atoms with E-state index in [1.165, 1.54) is 6.42 Å². The Morgan fingerprint density at radius 1 is 1.27 bits per heavy atom. The third kappa shape index (κ3) is 3.54. The lowest BCUT2D eigenvalue weighted by Crippen LogP contribution is -2.04. The van der Waals surface area contributed by atoms with Crippen LogP contribution in [0.2, 0.25) is 0 Å². The predicted molar refractivity (Wildman–Crippen MR) is 44.4 cm³/mol. The summed E-state index contributed by atoms with van der Waals surface area (Å²) in [5, 5.41) is 0. The number of hydrogen-bond donors (Lipinski definition) is 0. The summed E-state index contributed by atoms with van der Waals surface area (Å²) in [6.45, 7) is 3.69. The maximum atomic E-state index is 5.26. The first-order valence-electron chi connectivity index (χ1n) is 4.31. The number of hydrogen-bond acceptors (Lipinski definition) is 2. The van der Waals surface area contributed by atoms with E-state index in [1.807, 2.05) is 0 Å². The highest BCUT2D eigenvalue weighted by Crippen LogP contribution is 2.08. The molecular weight excluding hydrogens is 140 g/mol. The lowest BCUT2D eigenvalue weighted by molar-refractivity contribution is -0.0380. The molecule has 0 unspecified atom stereocenters. The molecule has 64 valence electrons. The number of rotatable bonds is 4. The molecule has 1 aliphatic rings. The van der Waals surface area contributed by atoms with Gasteiger partial charge < -0.3 is 9.47 Å². The highest BCUT2D eigenvalue weighted by Gasteiger charge is 2.12. The van der Waals surface area contributed by atoms with Crippen LogP contribution in [0.25, 0.3) is 0 Å². The Bertz CT molecular complexity index is 115. The van der Waals surface area contributed by atoms with Gasteiger partial charge in [-0.2, -0.15) is 0 Å². The Morgan fingerprint density at radius 3 is 2.64 bits per heavy atom. The minimum atomic E-state index is 0.0307. The quantitative estimate of drug-likeness (QED) is 0.580. The predicted octanol–water partition coefficient (Wildman–Crippen LogP) is 2.11. The van der Waals surface area contributed by atoms with Crippen LogP contribution in [0.3, 0.4) is 0 Å². The van der Waals surface area contributed by atoms with E-state index < -0.39 is 0 Å². The molecule has 1 fully saturated rings. The standard InChI is InChI=1S/C9H16O2/c1-2-3-4-5-6-9-10-7-8-11-9/h4-5,9H,2-3,6-8H2,1H3/b5-4-. The first-order valence-corrected chi connectivity index (χ1v) is 4.31. The van der Waals surface area contributed by atoms with Crippen LogP contribution in [0.15, 0.2) is 12.2 Å². The van der Waals surface area contributed by atoms with Gasteiger partial charge in [0.2, 0.25) is 0 Å². The molecule has 1 rings (SSSR count). The Hall–Kier alpha value is -0.340. The van der Waals surface area contributed by atoms with Gasteiger partial charge in [-0.25, -0.2) is 0 Å². The maximum Gasteiger partial charge on any atom is 0.161 e. The van der Waals surface area contributed by atoms with Crippen molar-refractivity contribution >= 4 is 0 Å². The van der Waals surface area contributed by atoms with E-state index in [0.717, 1.165) is 26.1 Å². The minimum absolute atomic E-state index is 0.0307. The van der Waals surface area contributed by atoms with Gasteiger partial charge in [0, 0.05) is 6.42 Å². The van der Waals surface area contributed by atoms with Gasteiger partial charge in [0.05, 0.1) is 13.2 Å². The summed E-state index contributed by atoms with van der Waals surface area (Å²) in [4.78, 5) is 0. The molecule has 0 amide bonds. The van der Waals surface area contributed by atoms with Crippen molar-refractivity contribution in [1.29, 1.82) is 0 Å². The lowest BCUT2D eigenvalue weighted by atomic mass is 10.3. The SMILES string of the molecule is CCC/C=C\CC1OCCO1. The Morgan fingerprint density at radius 2 is 2.00 bits per heavy atom. The van der Waals surface area contributed by atoms with Crippen LogP contribution in [0.1, 0.15) is 26.2 Å². The molecule has 0 aromatic rings. The zero-order valence-electron chi connectivity index (χ0n) is 7.08. The van der Waals surface area contributed by atoms with Crippen molar-refractivity contribution in [3.63, 3.8) is 0 Å². The molecule has 0 atom stereocenters. The number of unbranched alkanes of at least 4 members (excludes halogenated alkanes) is 1. The van der Waals surface area contributed by atoms with Crippen LogP contribution in [-0.4, -0.2) is 19.5 Å². The topological polar surface area (TPSA) is 18.5 Å². The van der Waals surface area contributed by atoms with E-state index in [9.17, 15) is 0 Å². The number of ether oxygens (including phenoxy) is 2.